The average molecular weight is 387 g/mol. The van der Waals surface area contributed by atoms with Crippen LogP contribution in [0.2, 0.25) is 0 Å². The monoisotopic (exact) mass is 387 g/mol. The Morgan fingerprint density at radius 1 is 1.07 bits per heavy atom. The second-order valence-electron chi connectivity index (χ2n) is 5.90. The van der Waals surface area contributed by atoms with Crippen molar-refractivity contribution in [3.63, 3.8) is 0 Å². The molecule has 2 aromatic rings. The van der Waals surface area contributed by atoms with Gasteiger partial charge in [0.2, 0.25) is 0 Å². The number of para-hydroxylation sites is 1. The van der Waals surface area contributed by atoms with Crippen molar-refractivity contribution in [2.24, 2.45) is 0 Å². The molecule has 0 aromatic heterocycles. The second kappa shape index (κ2) is 10.1. The van der Waals surface area contributed by atoms with E-state index in [1.54, 1.807) is 31.3 Å². The smallest absolute Gasteiger partial charge is 0.331 e. The van der Waals surface area contributed by atoms with Crippen molar-refractivity contribution in [3.8, 4) is 11.5 Å². The zero-order valence-electron chi connectivity index (χ0n) is 16.0. The molecule has 0 aliphatic rings. The summed E-state index contributed by atoms with van der Waals surface area (Å²) in [4.78, 5) is 25.3. The molecule has 0 saturated carbocycles. The predicted octanol–water partition coefficient (Wildman–Crippen LogP) is 3.06. The number of methoxy groups -OCH3 is 2. The fourth-order valence-electron chi connectivity index (χ4n) is 2.42. The first-order chi connectivity index (χ1) is 13.4. The van der Waals surface area contributed by atoms with Crippen LogP contribution < -0.4 is 9.47 Å². The Labute approximate surface area is 163 Å². The first-order valence-corrected chi connectivity index (χ1v) is 8.48. The highest BCUT2D eigenvalue weighted by Crippen LogP contribution is 2.19. The third-order valence-electron chi connectivity index (χ3n) is 3.94. The highest BCUT2D eigenvalue weighted by Gasteiger charge is 2.13. The predicted molar refractivity (Wildman–Crippen MR) is 102 cm³/mol. The van der Waals surface area contributed by atoms with Crippen LogP contribution in [0, 0.1) is 5.82 Å². The molecular weight excluding hydrogens is 365 g/mol. The first kappa shape index (κ1) is 21.0. The van der Waals surface area contributed by atoms with Crippen molar-refractivity contribution in [2.45, 2.75) is 6.54 Å². The van der Waals surface area contributed by atoms with Crippen LogP contribution >= 0.6 is 0 Å². The van der Waals surface area contributed by atoms with Gasteiger partial charge in [0.25, 0.3) is 5.91 Å². The summed E-state index contributed by atoms with van der Waals surface area (Å²) in [6.45, 7) is -0.238. The van der Waals surface area contributed by atoms with Crippen molar-refractivity contribution in [1.29, 1.82) is 0 Å². The molecule has 2 aromatic carbocycles. The lowest BCUT2D eigenvalue weighted by atomic mass is 10.2. The highest BCUT2D eigenvalue weighted by molar-refractivity contribution is 5.89. The first-order valence-electron chi connectivity index (χ1n) is 8.48. The number of carbonyl (C=O) groups excluding carboxylic acids is 2. The topological polar surface area (TPSA) is 65.1 Å². The summed E-state index contributed by atoms with van der Waals surface area (Å²) in [5.74, 6) is -0.810. The molecule has 0 atom stereocenters. The Morgan fingerprint density at radius 3 is 2.46 bits per heavy atom. The molecule has 28 heavy (non-hydrogen) atoms. The Morgan fingerprint density at radius 2 is 1.79 bits per heavy atom. The van der Waals surface area contributed by atoms with Crippen LogP contribution in [0.25, 0.3) is 6.08 Å². The number of carbonyl (C=O) groups is 2. The standard InChI is InChI=1S/C21H22FNO5/c1-23(13-15-8-10-19(27-3)17(22)12-15)20(24)14-28-21(25)11-9-16-6-4-5-7-18(16)26-2/h4-12H,13-14H2,1-3H3/b11-9+. The highest BCUT2D eigenvalue weighted by atomic mass is 19.1. The number of likely N-dealkylation sites (N-methyl/N-ethyl adjacent to an activating group) is 1. The number of nitrogens with zero attached hydrogens (tertiary/aromatic N) is 1. The van der Waals surface area contributed by atoms with E-state index < -0.39 is 24.3 Å². The zero-order chi connectivity index (χ0) is 20.5. The van der Waals surface area contributed by atoms with Gasteiger partial charge >= 0.3 is 5.97 Å². The van der Waals surface area contributed by atoms with E-state index in [1.165, 1.54) is 37.3 Å². The molecule has 0 spiro atoms. The lowest BCUT2D eigenvalue weighted by Crippen LogP contribution is -2.30. The largest absolute Gasteiger partial charge is 0.496 e. The van der Waals surface area contributed by atoms with Crippen molar-refractivity contribution >= 4 is 18.0 Å². The van der Waals surface area contributed by atoms with E-state index in [9.17, 15) is 14.0 Å². The van der Waals surface area contributed by atoms with Crippen LogP contribution in [0.4, 0.5) is 4.39 Å². The van der Waals surface area contributed by atoms with Crippen LogP contribution in [0.15, 0.2) is 48.5 Å². The zero-order valence-corrected chi connectivity index (χ0v) is 16.0. The van der Waals surface area contributed by atoms with E-state index in [1.807, 2.05) is 12.1 Å². The average Bonchev–Trinajstić information content (AvgIpc) is 2.70. The van der Waals surface area contributed by atoms with Crippen molar-refractivity contribution in [3.05, 3.63) is 65.5 Å². The Kier molecular flexibility index (Phi) is 7.56. The Balaban J connectivity index is 1.86. The number of hydrogen-bond donors (Lipinski definition) is 0. The summed E-state index contributed by atoms with van der Waals surface area (Å²) in [6.07, 6.45) is 2.78. The third-order valence-corrected chi connectivity index (χ3v) is 3.94. The van der Waals surface area contributed by atoms with Gasteiger partial charge in [-0.15, -0.1) is 0 Å². The summed E-state index contributed by atoms with van der Waals surface area (Å²) in [6, 6.07) is 11.6. The van der Waals surface area contributed by atoms with Crippen LogP contribution in [-0.2, 0) is 20.9 Å². The lowest BCUT2D eigenvalue weighted by Gasteiger charge is -2.17. The molecule has 0 aliphatic carbocycles. The van der Waals surface area contributed by atoms with Crippen molar-refractivity contribution < 1.29 is 28.2 Å². The molecule has 1 amide bonds. The van der Waals surface area contributed by atoms with E-state index in [0.717, 1.165) is 0 Å². The molecule has 0 fully saturated rings. The minimum atomic E-state index is -0.650. The molecule has 0 unspecified atom stereocenters. The summed E-state index contributed by atoms with van der Waals surface area (Å²) in [5, 5.41) is 0. The van der Waals surface area contributed by atoms with Crippen molar-refractivity contribution in [1.82, 2.24) is 4.90 Å². The van der Waals surface area contributed by atoms with E-state index in [-0.39, 0.29) is 12.3 Å². The molecule has 0 aliphatic heterocycles. The number of benzene rings is 2. The summed E-state index contributed by atoms with van der Waals surface area (Å²) in [5.41, 5.74) is 1.31. The minimum absolute atomic E-state index is 0.133. The molecule has 7 heteroatoms. The molecule has 0 heterocycles. The van der Waals surface area contributed by atoms with Gasteiger partial charge in [-0.25, -0.2) is 9.18 Å². The van der Waals surface area contributed by atoms with E-state index in [0.29, 0.717) is 16.9 Å². The fraction of sp³-hybridized carbons (Fsp3) is 0.238. The summed E-state index contributed by atoms with van der Waals surface area (Å²) >= 11 is 0. The van der Waals surface area contributed by atoms with Gasteiger partial charge in [0, 0.05) is 25.2 Å². The van der Waals surface area contributed by atoms with Gasteiger partial charge in [0.05, 0.1) is 14.2 Å². The maximum absolute atomic E-state index is 13.7. The van der Waals surface area contributed by atoms with Gasteiger partial charge in [-0.2, -0.15) is 0 Å². The molecular formula is C21H22FNO5. The van der Waals surface area contributed by atoms with Crippen LogP contribution in [0.3, 0.4) is 0 Å². The SMILES string of the molecule is COc1ccc(CN(C)C(=O)COC(=O)/C=C/c2ccccc2OC)cc1F. The maximum Gasteiger partial charge on any atom is 0.331 e. The van der Waals surface area contributed by atoms with E-state index in [2.05, 4.69) is 0 Å². The Hall–Kier alpha value is -3.35. The second-order valence-corrected chi connectivity index (χ2v) is 5.90. The summed E-state index contributed by atoms with van der Waals surface area (Å²) in [7, 11) is 4.46. The van der Waals surface area contributed by atoms with Gasteiger partial charge in [0.1, 0.15) is 5.75 Å². The number of rotatable bonds is 8. The molecule has 0 N–H and O–H groups in total. The molecule has 0 bridgehead atoms. The minimum Gasteiger partial charge on any atom is -0.496 e. The normalized spacial score (nSPS) is 10.6. The number of hydrogen-bond acceptors (Lipinski definition) is 5. The third kappa shape index (κ3) is 5.84. The van der Waals surface area contributed by atoms with E-state index in [4.69, 9.17) is 14.2 Å². The van der Waals surface area contributed by atoms with Crippen molar-refractivity contribution in [2.75, 3.05) is 27.9 Å². The Bertz CT molecular complexity index is 866. The van der Waals surface area contributed by atoms with Gasteiger partial charge in [0.15, 0.2) is 18.2 Å². The quantitative estimate of drug-likeness (QED) is 0.515. The van der Waals surface area contributed by atoms with Gasteiger partial charge in [-0.05, 0) is 29.8 Å². The number of amides is 1. The number of esters is 1. The molecule has 0 saturated heterocycles. The number of halogens is 1. The van der Waals surface area contributed by atoms with Crippen LogP contribution in [0.5, 0.6) is 11.5 Å². The van der Waals surface area contributed by atoms with Gasteiger partial charge in [-0.3, -0.25) is 4.79 Å². The lowest BCUT2D eigenvalue weighted by molar-refractivity contribution is -0.147. The molecule has 6 nitrogen and oxygen atoms in total. The fourth-order valence-corrected chi connectivity index (χ4v) is 2.42. The van der Waals surface area contributed by atoms with Gasteiger partial charge < -0.3 is 19.1 Å². The maximum atomic E-state index is 13.7. The van der Waals surface area contributed by atoms with Crippen LogP contribution in [0.1, 0.15) is 11.1 Å². The van der Waals surface area contributed by atoms with Gasteiger partial charge in [-0.1, -0.05) is 24.3 Å². The number of ether oxygens (including phenoxy) is 3. The molecule has 0 radical (unpaired) electrons. The van der Waals surface area contributed by atoms with E-state index >= 15 is 0 Å². The molecule has 148 valence electrons. The van der Waals surface area contributed by atoms with Crippen LogP contribution in [-0.4, -0.2) is 44.7 Å². The molecule has 2 rings (SSSR count). The summed E-state index contributed by atoms with van der Waals surface area (Å²) < 4.78 is 28.7.